The molecule has 1 unspecified atom stereocenters. The maximum Gasteiger partial charge on any atom is 0.191 e. The van der Waals surface area contributed by atoms with Gasteiger partial charge in [-0.3, -0.25) is 4.99 Å². The Hall–Kier alpha value is -1.76. The van der Waals surface area contributed by atoms with E-state index >= 15 is 0 Å². The van der Waals surface area contributed by atoms with Crippen LogP contribution < -0.4 is 15.5 Å². The lowest BCUT2D eigenvalue weighted by Crippen LogP contribution is -2.41. The Morgan fingerprint density at radius 1 is 1.04 bits per heavy atom. The predicted molar refractivity (Wildman–Crippen MR) is 114 cm³/mol. The van der Waals surface area contributed by atoms with Gasteiger partial charge in [0.05, 0.1) is 6.04 Å². The minimum atomic E-state index is 0. The van der Waals surface area contributed by atoms with Gasteiger partial charge in [0.25, 0.3) is 0 Å². The maximum atomic E-state index is 4.30. The molecular weight excluding hydrogens is 411 g/mol. The zero-order chi connectivity index (χ0) is 16.5. The smallest absolute Gasteiger partial charge is 0.191 e. The minimum Gasteiger partial charge on any atom is -0.373 e. The normalized spacial score (nSPS) is 12.0. The lowest BCUT2D eigenvalue weighted by atomic mass is 10.1. The summed E-state index contributed by atoms with van der Waals surface area (Å²) >= 11 is 0. The van der Waals surface area contributed by atoms with E-state index in [-0.39, 0.29) is 30.0 Å². The van der Waals surface area contributed by atoms with Gasteiger partial charge in [0.15, 0.2) is 5.96 Å². The fraction of sp³-hybridized carbons (Fsp3) is 0.316. The Morgan fingerprint density at radius 2 is 1.62 bits per heavy atom. The first-order valence-electron chi connectivity index (χ1n) is 7.99. The highest BCUT2D eigenvalue weighted by atomic mass is 127. The Bertz CT molecular complexity index is 601. The monoisotopic (exact) mass is 438 g/mol. The van der Waals surface area contributed by atoms with E-state index in [1.165, 1.54) is 11.3 Å². The van der Waals surface area contributed by atoms with Crippen molar-refractivity contribution in [3.8, 4) is 0 Å². The van der Waals surface area contributed by atoms with Crippen LogP contribution in [0.25, 0.3) is 0 Å². The van der Waals surface area contributed by atoms with Crippen LogP contribution in [0.15, 0.2) is 65.7 Å². The van der Waals surface area contributed by atoms with Crippen molar-refractivity contribution < 1.29 is 0 Å². The lowest BCUT2D eigenvalue weighted by molar-refractivity contribution is 0.683. The molecule has 0 aliphatic heterocycles. The highest BCUT2D eigenvalue weighted by Gasteiger charge is 2.07. The van der Waals surface area contributed by atoms with Crippen LogP contribution in [-0.4, -0.2) is 33.1 Å². The number of anilines is 1. The van der Waals surface area contributed by atoms with Gasteiger partial charge in [-0.2, -0.15) is 0 Å². The van der Waals surface area contributed by atoms with Crippen LogP contribution in [0, 0.1) is 0 Å². The summed E-state index contributed by atoms with van der Waals surface area (Å²) in [7, 11) is 3.90. The van der Waals surface area contributed by atoms with Gasteiger partial charge >= 0.3 is 0 Å². The molecule has 0 heterocycles. The summed E-state index contributed by atoms with van der Waals surface area (Å²) in [6, 6.07) is 21.0. The number of hydrogen-bond donors (Lipinski definition) is 2. The molecule has 24 heavy (non-hydrogen) atoms. The number of para-hydroxylation sites is 1. The highest BCUT2D eigenvalue weighted by molar-refractivity contribution is 14.0. The SMILES string of the molecule is CN=C(NCCN(C)c1ccccc1)NC(C)c1ccccc1.I. The summed E-state index contributed by atoms with van der Waals surface area (Å²) in [4.78, 5) is 6.52. The van der Waals surface area contributed by atoms with E-state index in [2.05, 4.69) is 83.0 Å². The number of nitrogens with one attached hydrogen (secondary N) is 2. The number of hydrogen-bond acceptors (Lipinski definition) is 2. The van der Waals surface area contributed by atoms with Crippen LogP contribution in [0.4, 0.5) is 5.69 Å². The average molecular weight is 438 g/mol. The lowest BCUT2D eigenvalue weighted by Gasteiger charge is -2.22. The van der Waals surface area contributed by atoms with Crippen LogP contribution in [0.2, 0.25) is 0 Å². The molecule has 0 bridgehead atoms. The molecule has 4 nitrogen and oxygen atoms in total. The number of benzene rings is 2. The third-order valence-electron chi connectivity index (χ3n) is 3.81. The van der Waals surface area contributed by atoms with Crippen LogP contribution in [-0.2, 0) is 0 Å². The van der Waals surface area contributed by atoms with E-state index in [4.69, 9.17) is 0 Å². The zero-order valence-electron chi connectivity index (χ0n) is 14.6. The molecule has 2 aromatic rings. The van der Waals surface area contributed by atoms with Gasteiger partial charge in [0.2, 0.25) is 0 Å². The fourth-order valence-electron chi connectivity index (χ4n) is 2.38. The second kappa shape index (κ2) is 10.9. The van der Waals surface area contributed by atoms with E-state index in [1.54, 1.807) is 7.05 Å². The molecule has 130 valence electrons. The zero-order valence-corrected chi connectivity index (χ0v) is 16.9. The van der Waals surface area contributed by atoms with Crippen molar-refractivity contribution in [1.29, 1.82) is 0 Å². The molecule has 0 saturated carbocycles. The number of halogens is 1. The van der Waals surface area contributed by atoms with Crippen molar-refractivity contribution in [1.82, 2.24) is 10.6 Å². The quantitative estimate of drug-likeness (QED) is 0.411. The topological polar surface area (TPSA) is 39.7 Å². The second-order valence-corrected chi connectivity index (χ2v) is 5.53. The van der Waals surface area contributed by atoms with Crippen molar-refractivity contribution in [3.05, 3.63) is 66.2 Å². The summed E-state index contributed by atoms with van der Waals surface area (Å²) in [5.74, 6) is 0.822. The summed E-state index contributed by atoms with van der Waals surface area (Å²) < 4.78 is 0. The van der Waals surface area contributed by atoms with Crippen LogP contribution >= 0.6 is 24.0 Å². The number of guanidine groups is 1. The largest absolute Gasteiger partial charge is 0.373 e. The second-order valence-electron chi connectivity index (χ2n) is 5.53. The molecule has 0 radical (unpaired) electrons. The van der Waals surface area contributed by atoms with Crippen LogP contribution in [0.3, 0.4) is 0 Å². The Labute approximate surface area is 162 Å². The molecule has 0 aliphatic carbocycles. The Balaban J connectivity index is 0.00000288. The third kappa shape index (κ3) is 6.39. The van der Waals surface area contributed by atoms with Crippen molar-refractivity contribution in [2.75, 3.05) is 32.1 Å². The van der Waals surface area contributed by atoms with Gasteiger partial charge < -0.3 is 15.5 Å². The average Bonchev–Trinajstić information content (AvgIpc) is 2.62. The molecule has 5 heteroatoms. The predicted octanol–water partition coefficient (Wildman–Crippen LogP) is 3.67. The standard InChI is InChI=1S/C19H26N4.HI/c1-16(17-10-6-4-7-11-17)22-19(20-2)21-14-15-23(3)18-12-8-5-9-13-18;/h4-13,16H,14-15H2,1-3H3,(H2,20,21,22);1H. The van der Waals surface area contributed by atoms with Crippen molar-refractivity contribution in [2.24, 2.45) is 4.99 Å². The van der Waals surface area contributed by atoms with Gasteiger partial charge in [0, 0.05) is 32.9 Å². The summed E-state index contributed by atoms with van der Waals surface area (Å²) in [6.07, 6.45) is 0. The fourth-order valence-corrected chi connectivity index (χ4v) is 2.38. The van der Waals surface area contributed by atoms with E-state index in [9.17, 15) is 0 Å². The first kappa shape index (κ1) is 20.3. The number of nitrogens with zero attached hydrogens (tertiary/aromatic N) is 2. The van der Waals surface area contributed by atoms with Crippen molar-refractivity contribution in [2.45, 2.75) is 13.0 Å². The highest BCUT2D eigenvalue weighted by Crippen LogP contribution is 2.11. The molecule has 2 N–H and O–H groups in total. The first-order chi connectivity index (χ1) is 11.2. The molecule has 2 aromatic carbocycles. The number of aliphatic imine (C=N–C) groups is 1. The van der Waals surface area contributed by atoms with Gasteiger partial charge in [-0.15, -0.1) is 24.0 Å². The van der Waals surface area contributed by atoms with Gasteiger partial charge in [0.1, 0.15) is 0 Å². The van der Waals surface area contributed by atoms with Crippen LogP contribution in [0.5, 0.6) is 0 Å². The Kier molecular flexibility index (Phi) is 9.22. The molecule has 0 amide bonds. The van der Waals surface area contributed by atoms with E-state index in [0.717, 1.165) is 19.0 Å². The molecule has 1 atom stereocenters. The molecule has 0 fully saturated rings. The van der Waals surface area contributed by atoms with Gasteiger partial charge in [-0.25, -0.2) is 0 Å². The van der Waals surface area contributed by atoms with Crippen molar-refractivity contribution >= 4 is 35.6 Å². The third-order valence-corrected chi connectivity index (χ3v) is 3.81. The van der Waals surface area contributed by atoms with Gasteiger partial charge in [-0.1, -0.05) is 48.5 Å². The van der Waals surface area contributed by atoms with E-state index < -0.39 is 0 Å². The summed E-state index contributed by atoms with van der Waals surface area (Å²) in [5, 5.41) is 6.78. The van der Waals surface area contributed by atoms with E-state index in [0.29, 0.717) is 0 Å². The van der Waals surface area contributed by atoms with Crippen molar-refractivity contribution in [3.63, 3.8) is 0 Å². The van der Waals surface area contributed by atoms with Crippen LogP contribution in [0.1, 0.15) is 18.5 Å². The number of rotatable bonds is 6. The molecule has 0 saturated heterocycles. The first-order valence-corrected chi connectivity index (χ1v) is 7.99. The molecule has 0 aromatic heterocycles. The summed E-state index contributed by atoms with van der Waals surface area (Å²) in [5.41, 5.74) is 2.46. The number of likely N-dealkylation sites (N-methyl/N-ethyl adjacent to an activating group) is 1. The Morgan fingerprint density at radius 3 is 2.21 bits per heavy atom. The van der Waals surface area contributed by atoms with E-state index in [1.807, 2.05) is 12.1 Å². The van der Waals surface area contributed by atoms with Gasteiger partial charge in [-0.05, 0) is 24.6 Å². The molecule has 0 aliphatic rings. The minimum absolute atomic E-state index is 0. The summed E-state index contributed by atoms with van der Waals surface area (Å²) in [6.45, 7) is 3.87. The molecular formula is C19H27IN4. The molecule has 0 spiro atoms. The maximum absolute atomic E-state index is 4.30. The molecule has 2 rings (SSSR count).